The molecule has 0 fully saturated rings. The van der Waals surface area contributed by atoms with Gasteiger partial charge in [-0.05, 0) is 109 Å². The van der Waals surface area contributed by atoms with Crippen LogP contribution in [0.2, 0.25) is 0 Å². The molecule has 3 aromatic rings. The van der Waals surface area contributed by atoms with Gasteiger partial charge in [-0.25, -0.2) is 22.7 Å². The van der Waals surface area contributed by atoms with Gasteiger partial charge >= 0.3 is 12.1 Å². The number of hydrogen-bond acceptors (Lipinski definition) is 10. The number of aromatic nitrogens is 1. The van der Waals surface area contributed by atoms with Crippen molar-refractivity contribution in [3.8, 4) is 5.75 Å². The fourth-order valence-electron chi connectivity index (χ4n) is 7.09. The van der Waals surface area contributed by atoms with Crippen LogP contribution in [0.4, 0.5) is 4.79 Å². The lowest BCUT2D eigenvalue weighted by molar-refractivity contribution is -0.142. The number of rotatable bonds is 15. The third-order valence-corrected chi connectivity index (χ3v) is 11.5. The monoisotopic (exact) mass is 825 g/mol. The van der Waals surface area contributed by atoms with E-state index in [1.165, 1.54) is 10.8 Å². The van der Waals surface area contributed by atoms with Crippen LogP contribution in [-0.2, 0) is 42.0 Å². The Balaban J connectivity index is 1.51. The maximum absolute atomic E-state index is 13.8. The van der Waals surface area contributed by atoms with Crippen LogP contribution in [0.5, 0.6) is 5.75 Å². The molecule has 1 aliphatic rings. The molecule has 0 spiro atoms. The third kappa shape index (κ3) is 11.1. The highest BCUT2D eigenvalue weighted by molar-refractivity contribution is 7.90. The number of carboxylic acid groups (broad SMARTS) is 1. The first kappa shape index (κ1) is 45.5. The first-order chi connectivity index (χ1) is 26.8. The van der Waals surface area contributed by atoms with E-state index in [9.17, 15) is 32.7 Å². The van der Waals surface area contributed by atoms with Gasteiger partial charge in [-0.3, -0.25) is 19.1 Å². The van der Waals surface area contributed by atoms with Crippen molar-refractivity contribution in [2.75, 3.05) is 6.54 Å². The summed E-state index contributed by atoms with van der Waals surface area (Å²) in [5.74, 6) is -2.31. The Morgan fingerprint density at radius 2 is 1.66 bits per heavy atom. The Hall–Kier alpha value is -5.16. The summed E-state index contributed by atoms with van der Waals surface area (Å²) in [6, 6.07) is 3.32. The van der Waals surface area contributed by atoms with Gasteiger partial charge in [0.25, 0.3) is 10.0 Å². The highest BCUT2D eigenvalue weighted by Crippen LogP contribution is 2.43. The Labute approximate surface area is 340 Å². The van der Waals surface area contributed by atoms with Gasteiger partial charge in [0.2, 0.25) is 17.8 Å². The second kappa shape index (κ2) is 17.8. The molecule has 0 aliphatic carbocycles. The fourth-order valence-corrected chi connectivity index (χ4v) is 8.62. The number of aliphatic imine (C=N–C) groups is 1. The van der Waals surface area contributed by atoms with E-state index in [1.807, 2.05) is 34.6 Å². The lowest BCUT2D eigenvalue weighted by Crippen LogP contribution is -2.55. The molecule has 58 heavy (non-hydrogen) atoms. The largest absolute Gasteiger partial charge is 0.487 e. The summed E-state index contributed by atoms with van der Waals surface area (Å²) in [6.07, 6.45) is 1.66. The quantitative estimate of drug-likeness (QED) is 0.0723. The van der Waals surface area contributed by atoms with Gasteiger partial charge in [-0.1, -0.05) is 32.0 Å². The molecule has 8 N–H and O–H groups in total. The van der Waals surface area contributed by atoms with Crippen LogP contribution in [0.15, 0.2) is 40.4 Å². The molecular formula is C41H59N7O9S. The summed E-state index contributed by atoms with van der Waals surface area (Å²) >= 11 is 0. The number of carboxylic acids is 1. The zero-order chi connectivity index (χ0) is 43.5. The minimum absolute atomic E-state index is 0.0161. The number of fused-ring (bicyclic) bond motifs is 2. The minimum atomic E-state index is -4.16. The predicted octanol–water partition coefficient (Wildman–Crippen LogP) is 4.11. The average Bonchev–Trinajstić information content (AvgIpc) is 3.63. The zero-order valence-electron chi connectivity index (χ0n) is 35.1. The smallest absolute Gasteiger partial charge is 0.419 e. The predicted molar refractivity (Wildman–Crippen MR) is 221 cm³/mol. The molecule has 318 valence electrons. The number of para-hydroxylation sites is 1. The molecule has 1 aromatic heterocycles. The fraction of sp³-hybridized carbons (Fsp3) is 0.537. The van der Waals surface area contributed by atoms with Crippen LogP contribution in [0, 0.1) is 26.7 Å². The number of nitrogens with two attached hydrogens (primary N) is 2. The molecule has 2 heterocycles. The Kier molecular flexibility index (Phi) is 14.0. The third-order valence-electron chi connectivity index (χ3n) is 9.85. The highest BCUT2D eigenvalue weighted by atomic mass is 32.2. The Morgan fingerprint density at radius 3 is 2.28 bits per heavy atom. The SMILES string of the molecule is Cc1c(C)c(S(=O)(=O)NC(N)=NCCC[C@@H](NC(=O)[C@@H](N)CC(C)C)C(=O)N[C@@H](Cc2cn(C(=O)OC(C)(C)C)c3ccccc23)C(=O)O)c(C)c2c1OC(C)(C)C2. The van der Waals surface area contributed by atoms with Crippen LogP contribution in [0.25, 0.3) is 10.9 Å². The van der Waals surface area contributed by atoms with E-state index >= 15 is 0 Å². The molecule has 2 aromatic carbocycles. The maximum atomic E-state index is 13.8. The second-order valence-corrected chi connectivity index (χ2v) is 18.6. The number of ether oxygens (including phenoxy) is 2. The van der Waals surface area contributed by atoms with Crippen molar-refractivity contribution in [3.05, 3.63) is 58.3 Å². The molecule has 0 saturated carbocycles. The van der Waals surface area contributed by atoms with Gasteiger partial charge in [0.05, 0.1) is 16.5 Å². The van der Waals surface area contributed by atoms with Gasteiger partial charge in [0.15, 0.2) is 0 Å². The van der Waals surface area contributed by atoms with Gasteiger partial charge in [-0.15, -0.1) is 0 Å². The van der Waals surface area contributed by atoms with Crippen molar-refractivity contribution >= 4 is 50.8 Å². The second-order valence-electron chi connectivity index (χ2n) is 17.0. The number of amides is 2. The number of sulfonamides is 1. The summed E-state index contributed by atoms with van der Waals surface area (Å²) in [5, 5.41) is 16.0. The van der Waals surface area contributed by atoms with E-state index in [-0.39, 0.29) is 42.6 Å². The maximum Gasteiger partial charge on any atom is 0.419 e. The number of guanidine groups is 1. The van der Waals surface area contributed by atoms with Crippen molar-refractivity contribution in [2.24, 2.45) is 22.4 Å². The van der Waals surface area contributed by atoms with Crippen LogP contribution < -0.4 is 31.6 Å². The number of carbonyl (C=O) groups excluding carboxylic acids is 3. The molecule has 0 radical (unpaired) electrons. The molecule has 0 saturated heterocycles. The standard InChI is InChI=1S/C41H59N7O9S/c1-22(2)18-29(42)35(49)45-30(15-13-17-44-38(43)47-58(54,55)34-24(4)23(3)33-28(25(34)5)20-41(9,10)56-33)36(50)46-31(37(51)52)19-26-21-48(39(53)57-40(6,7)8)32-16-12-11-14-27(26)32/h11-12,14,16,21-22,29-31H,13,15,17-20,42H2,1-10H3,(H,45,49)(H,46,50)(H,51,52)(H3,43,44,47)/t29-,30+,31-/m0/s1. The summed E-state index contributed by atoms with van der Waals surface area (Å²) in [5.41, 5.74) is 14.5. The molecule has 3 atom stereocenters. The summed E-state index contributed by atoms with van der Waals surface area (Å²) in [6.45, 7) is 18.1. The number of benzene rings is 2. The van der Waals surface area contributed by atoms with Gasteiger partial charge in [0, 0.05) is 36.5 Å². The highest BCUT2D eigenvalue weighted by Gasteiger charge is 2.37. The van der Waals surface area contributed by atoms with Crippen molar-refractivity contribution in [1.82, 2.24) is 19.9 Å². The molecular weight excluding hydrogens is 767 g/mol. The first-order valence-electron chi connectivity index (χ1n) is 19.4. The van der Waals surface area contributed by atoms with Crippen LogP contribution in [0.1, 0.15) is 95.5 Å². The lowest BCUT2D eigenvalue weighted by atomic mass is 9.94. The van der Waals surface area contributed by atoms with Crippen molar-refractivity contribution in [3.63, 3.8) is 0 Å². The van der Waals surface area contributed by atoms with Crippen LogP contribution in [-0.4, -0.2) is 83.8 Å². The van der Waals surface area contributed by atoms with E-state index in [2.05, 4.69) is 20.3 Å². The summed E-state index contributed by atoms with van der Waals surface area (Å²) in [4.78, 5) is 56.8. The van der Waals surface area contributed by atoms with Gasteiger partial charge in [-0.2, -0.15) is 0 Å². The number of nitrogens with one attached hydrogen (secondary N) is 3. The molecule has 1 aliphatic heterocycles. The molecule has 17 heteroatoms. The Bertz CT molecular complexity index is 2200. The van der Waals surface area contributed by atoms with Crippen LogP contribution in [0.3, 0.4) is 0 Å². The first-order valence-corrected chi connectivity index (χ1v) is 20.9. The van der Waals surface area contributed by atoms with Gasteiger partial charge < -0.3 is 36.7 Å². The van der Waals surface area contributed by atoms with Crippen molar-refractivity contribution in [1.29, 1.82) is 0 Å². The van der Waals surface area contributed by atoms with E-state index in [4.69, 9.17) is 20.9 Å². The van der Waals surface area contributed by atoms with Crippen molar-refractivity contribution < 1.29 is 42.2 Å². The zero-order valence-corrected chi connectivity index (χ0v) is 35.9. The number of nitrogens with zero attached hydrogens (tertiary/aromatic N) is 2. The van der Waals surface area contributed by atoms with E-state index < -0.39 is 63.2 Å². The summed E-state index contributed by atoms with van der Waals surface area (Å²) in [7, 11) is -4.16. The molecule has 0 unspecified atom stereocenters. The average molecular weight is 826 g/mol. The summed E-state index contributed by atoms with van der Waals surface area (Å²) < 4.78 is 42.6. The molecule has 2 amide bonds. The van der Waals surface area contributed by atoms with E-state index in [1.54, 1.807) is 58.9 Å². The number of aliphatic carboxylic acids is 1. The number of hydrogen-bond donors (Lipinski definition) is 6. The number of carbonyl (C=O) groups is 4. The normalized spacial score (nSPS) is 15.6. The Morgan fingerprint density at radius 1 is 1.02 bits per heavy atom. The minimum Gasteiger partial charge on any atom is -0.487 e. The van der Waals surface area contributed by atoms with E-state index in [0.29, 0.717) is 46.2 Å². The van der Waals surface area contributed by atoms with Crippen LogP contribution >= 0.6 is 0 Å². The molecule has 0 bridgehead atoms. The molecule has 4 rings (SSSR count). The van der Waals surface area contributed by atoms with Crippen molar-refractivity contribution in [2.45, 2.75) is 136 Å². The van der Waals surface area contributed by atoms with Gasteiger partial charge in [0.1, 0.15) is 29.0 Å². The molecule has 16 nitrogen and oxygen atoms in total. The lowest BCUT2D eigenvalue weighted by Gasteiger charge is -2.23. The topological polar surface area (TPSA) is 247 Å². The van der Waals surface area contributed by atoms with E-state index in [0.717, 1.165) is 11.1 Å².